The normalized spacial score (nSPS) is 19.3. The maximum absolute atomic E-state index is 9.44. The highest BCUT2D eigenvalue weighted by molar-refractivity contribution is 7.09. The first-order valence-corrected chi connectivity index (χ1v) is 8.50. The lowest BCUT2D eigenvalue weighted by Gasteiger charge is -2.19. The average molecular weight is 291 g/mol. The van der Waals surface area contributed by atoms with Crippen molar-refractivity contribution < 1.29 is 0 Å². The minimum atomic E-state index is -0.259. The molecule has 20 heavy (non-hydrogen) atoms. The first-order chi connectivity index (χ1) is 9.50. The van der Waals surface area contributed by atoms with Gasteiger partial charge in [0.25, 0.3) is 0 Å². The van der Waals surface area contributed by atoms with Gasteiger partial charge in [-0.1, -0.05) is 46.5 Å². The molecule has 0 saturated heterocycles. The van der Waals surface area contributed by atoms with Gasteiger partial charge in [0.15, 0.2) is 0 Å². The van der Waals surface area contributed by atoms with Crippen molar-refractivity contribution >= 4 is 11.3 Å². The molecule has 1 atom stereocenters. The molecule has 0 aliphatic heterocycles. The topological polar surface area (TPSA) is 48.7 Å². The molecule has 1 aliphatic rings. The third-order valence-electron chi connectivity index (χ3n) is 3.85. The highest BCUT2D eigenvalue weighted by Gasteiger charge is 2.23. The summed E-state index contributed by atoms with van der Waals surface area (Å²) in [6.45, 7) is 6.49. The third kappa shape index (κ3) is 4.04. The van der Waals surface area contributed by atoms with Crippen LogP contribution in [0.25, 0.3) is 0 Å². The Balaban J connectivity index is 2.04. The second kappa shape index (κ2) is 6.69. The zero-order valence-corrected chi connectivity index (χ0v) is 13.6. The molecule has 0 spiro atoms. The molecule has 1 aromatic heterocycles. The van der Waals surface area contributed by atoms with Crippen LogP contribution in [0.2, 0.25) is 0 Å². The molecule has 1 aromatic rings. The molecule has 2 rings (SSSR count). The van der Waals surface area contributed by atoms with Gasteiger partial charge in [-0.25, -0.2) is 4.98 Å². The van der Waals surface area contributed by atoms with Gasteiger partial charge in [0, 0.05) is 16.8 Å². The van der Waals surface area contributed by atoms with Crippen molar-refractivity contribution in [3.63, 3.8) is 0 Å². The molecule has 3 nitrogen and oxygen atoms in total. The maximum Gasteiger partial charge on any atom is 0.139 e. The lowest BCUT2D eigenvalue weighted by atomic mass is 9.98. The van der Waals surface area contributed by atoms with Crippen molar-refractivity contribution in [1.29, 1.82) is 5.26 Å². The number of aromatic nitrogens is 1. The molecule has 4 heteroatoms. The largest absolute Gasteiger partial charge is 0.294 e. The Morgan fingerprint density at radius 2 is 1.95 bits per heavy atom. The molecule has 1 saturated carbocycles. The van der Waals surface area contributed by atoms with Crippen molar-refractivity contribution in [1.82, 2.24) is 10.3 Å². The van der Waals surface area contributed by atoms with Crippen molar-refractivity contribution in [2.75, 3.05) is 0 Å². The number of nitrogens with one attached hydrogen (secondary N) is 1. The zero-order chi connectivity index (χ0) is 14.6. The van der Waals surface area contributed by atoms with Gasteiger partial charge in [-0.15, -0.1) is 11.3 Å². The van der Waals surface area contributed by atoms with Crippen LogP contribution < -0.4 is 5.32 Å². The van der Waals surface area contributed by atoms with Crippen LogP contribution in [0.1, 0.15) is 76.0 Å². The van der Waals surface area contributed by atoms with E-state index in [1.807, 2.05) is 5.38 Å². The zero-order valence-electron chi connectivity index (χ0n) is 12.8. The Labute approximate surface area is 126 Å². The van der Waals surface area contributed by atoms with E-state index in [4.69, 9.17) is 0 Å². The summed E-state index contributed by atoms with van der Waals surface area (Å²) in [6.07, 6.45) is 7.60. The van der Waals surface area contributed by atoms with Crippen molar-refractivity contribution in [3.05, 3.63) is 16.1 Å². The summed E-state index contributed by atoms with van der Waals surface area (Å²) in [5.74, 6) is 0. The van der Waals surface area contributed by atoms with Crippen LogP contribution in [0.4, 0.5) is 0 Å². The Hall–Kier alpha value is -0.920. The Morgan fingerprint density at radius 1 is 1.30 bits per heavy atom. The van der Waals surface area contributed by atoms with E-state index in [0.29, 0.717) is 6.04 Å². The van der Waals surface area contributed by atoms with Crippen LogP contribution >= 0.6 is 11.3 Å². The quantitative estimate of drug-likeness (QED) is 0.844. The summed E-state index contributed by atoms with van der Waals surface area (Å²) >= 11 is 1.66. The van der Waals surface area contributed by atoms with E-state index in [1.165, 1.54) is 38.5 Å². The van der Waals surface area contributed by atoms with E-state index in [9.17, 15) is 5.26 Å². The molecule has 1 heterocycles. The molecule has 0 amide bonds. The number of rotatable bonds is 3. The van der Waals surface area contributed by atoms with Gasteiger partial charge in [0.2, 0.25) is 0 Å². The number of thiazole rings is 1. The van der Waals surface area contributed by atoms with Gasteiger partial charge in [-0.3, -0.25) is 5.32 Å². The second-order valence-corrected chi connectivity index (χ2v) is 7.60. The third-order valence-corrected chi connectivity index (χ3v) is 5.13. The van der Waals surface area contributed by atoms with E-state index in [1.54, 1.807) is 11.3 Å². The number of hydrogen-bond acceptors (Lipinski definition) is 4. The predicted octanol–water partition coefficient (Wildman–Crippen LogP) is 4.32. The SMILES string of the molecule is CC(C)(C)c1nc(C(C#N)NC2CCCCCC2)cs1. The molecule has 0 bridgehead atoms. The summed E-state index contributed by atoms with van der Waals surface area (Å²) in [7, 11) is 0. The van der Waals surface area contributed by atoms with Crippen LogP contribution in [0.5, 0.6) is 0 Å². The van der Waals surface area contributed by atoms with Crippen LogP contribution in [0, 0.1) is 11.3 Å². The monoisotopic (exact) mass is 291 g/mol. The first kappa shape index (κ1) is 15.5. The Bertz CT molecular complexity index is 459. The fourth-order valence-corrected chi connectivity index (χ4v) is 3.57. The molecular weight excluding hydrogens is 266 g/mol. The Kier molecular flexibility index (Phi) is 5.17. The second-order valence-electron chi connectivity index (χ2n) is 6.74. The maximum atomic E-state index is 9.44. The van der Waals surface area contributed by atoms with Gasteiger partial charge in [0.05, 0.1) is 16.8 Å². The van der Waals surface area contributed by atoms with E-state index < -0.39 is 0 Å². The molecule has 110 valence electrons. The lowest BCUT2D eigenvalue weighted by molar-refractivity contribution is 0.432. The first-order valence-electron chi connectivity index (χ1n) is 7.62. The number of hydrogen-bond donors (Lipinski definition) is 1. The summed E-state index contributed by atoms with van der Waals surface area (Å²) < 4.78 is 0. The molecule has 1 fully saturated rings. The van der Waals surface area contributed by atoms with E-state index in [0.717, 1.165) is 10.7 Å². The standard InChI is InChI=1S/C16H25N3S/c1-16(2,3)15-19-14(11-20-15)13(10-17)18-12-8-6-4-5-7-9-12/h11-13,18H,4-9H2,1-3H3. The van der Waals surface area contributed by atoms with Gasteiger partial charge in [-0.2, -0.15) is 5.26 Å². The fraction of sp³-hybridized carbons (Fsp3) is 0.750. The van der Waals surface area contributed by atoms with Crippen molar-refractivity contribution in [2.45, 2.75) is 76.8 Å². The Morgan fingerprint density at radius 3 is 2.45 bits per heavy atom. The summed E-state index contributed by atoms with van der Waals surface area (Å²) in [6, 6.07) is 2.60. The van der Waals surface area contributed by atoms with Gasteiger partial charge in [-0.05, 0) is 12.8 Å². The highest BCUT2D eigenvalue weighted by atomic mass is 32.1. The fourth-order valence-electron chi connectivity index (χ4n) is 2.63. The van der Waals surface area contributed by atoms with E-state index in [2.05, 4.69) is 37.1 Å². The van der Waals surface area contributed by atoms with E-state index in [-0.39, 0.29) is 11.5 Å². The van der Waals surface area contributed by atoms with Gasteiger partial charge < -0.3 is 0 Å². The lowest BCUT2D eigenvalue weighted by Crippen LogP contribution is -2.32. The molecule has 0 radical (unpaired) electrons. The highest BCUT2D eigenvalue weighted by Crippen LogP contribution is 2.28. The van der Waals surface area contributed by atoms with Crippen LogP contribution in [0.3, 0.4) is 0 Å². The average Bonchev–Trinajstić information content (AvgIpc) is 2.75. The minimum Gasteiger partial charge on any atom is -0.294 e. The van der Waals surface area contributed by atoms with E-state index >= 15 is 0 Å². The van der Waals surface area contributed by atoms with Crippen LogP contribution in [-0.2, 0) is 5.41 Å². The van der Waals surface area contributed by atoms with Gasteiger partial charge in [0.1, 0.15) is 6.04 Å². The van der Waals surface area contributed by atoms with Crippen molar-refractivity contribution in [2.24, 2.45) is 0 Å². The minimum absolute atomic E-state index is 0.0608. The molecular formula is C16H25N3S. The smallest absolute Gasteiger partial charge is 0.139 e. The number of nitriles is 1. The van der Waals surface area contributed by atoms with Gasteiger partial charge >= 0.3 is 0 Å². The predicted molar refractivity (Wildman–Crippen MR) is 83.8 cm³/mol. The molecule has 1 unspecified atom stereocenters. The van der Waals surface area contributed by atoms with Crippen LogP contribution in [0.15, 0.2) is 5.38 Å². The van der Waals surface area contributed by atoms with Crippen LogP contribution in [-0.4, -0.2) is 11.0 Å². The van der Waals surface area contributed by atoms with Crippen molar-refractivity contribution in [3.8, 4) is 6.07 Å². The summed E-state index contributed by atoms with van der Waals surface area (Å²) in [5.41, 5.74) is 0.956. The molecule has 0 aromatic carbocycles. The number of nitrogens with zero attached hydrogens (tertiary/aromatic N) is 2. The summed E-state index contributed by atoms with van der Waals surface area (Å²) in [5, 5.41) is 16.1. The summed E-state index contributed by atoms with van der Waals surface area (Å²) in [4.78, 5) is 4.68. The molecule has 1 aliphatic carbocycles. The molecule has 1 N–H and O–H groups in total.